The third-order valence-corrected chi connectivity index (χ3v) is 7.43. The molecule has 1 aliphatic carbocycles. The quantitative estimate of drug-likeness (QED) is 0.541. The fraction of sp³-hybridized carbons (Fsp3) is 0.704. The van der Waals surface area contributed by atoms with E-state index >= 15 is 0 Å². The predicted octanol–water partition coefficient (Wildman–Crippen LogP) is 2.69. The SMILES string of the molecule is CCCN(CCCCN1CCNCCC1=O)C1CCc2ccc(OC(=O)N3CCOCC3)cc2C1. The zero-order chi connectivity index (χ0) is 24.5. The molecule has 1 atom stereocenters. The van der Waals surface area contributed by atoms with Crippen LogP contribution in [0.4, 0.5) is 4.79 Å². The van der Waals surface area contributed by atoms with Crippen molar-refractivity contribution in [2.24, 2.45) is 0 Å². The van der Waals surface area contributed by atoms with Gasteiger partial charge >= 0.3 is 6.09 Å². The maximum atomic E-state index is 12.5. The molecule has 0 aromatic heterocycles. The topological polar surface area (TPSA) is 74.4 Å². The number of hydrogen-bond donors (Lipinski definition) is 1. The molecule has 2 heterocycles. The lowest BCUT2D eigenvalue weighted by Crippen LogP contribution is -2.42. The van der Waals surface area contributed by atoms with E-state index in [9.17, 15) is 9.59 Å². The van der Waals surface area contributed by atoms with Gasteiger partial charge in [0.05, 0.1) is 13.2 Å². The van der Waals surface area contributed by atoms with Crippen molar-refractivity contribution in [3.05, 3.63) is 29.3 Å². The van der Waals surface area contributed by atoms with Crippen molar-refractivity contribution in [3.63, 3.8) is 0 Å². The van der Waals surface area contributed by atoms with Gasteiger partial charge in [0.2, 0.25) is 5.91 Å². The first-order valence-corrected chi connectivity index (χ1v) is 13.5. The highest BCUT2D eigenvalue weighted by molar-refractivity contribution is 5.76. The van der Waals surface area contributed by atoms with Crippen molar-refractivity contribution in [1.29, 1.82) is 0 Å². The minimum absolute atomic E-state index is 0.285. The molecule has 0 bridgehead atoms. The minimum atomic E-state index is -0.285. The van der Waals surface area contributed by atoms with Crippen LogP contribution >= 0.6 is 0 Å². The van der Waals surface area contributed by atoms with Crippen LogP contribution in [-0.2, 0) is 22.4 Å². The predicted molar refractivity (Wildman–Crippen MR) is 136 cm³/mol. The highest BCUT2D eigenvalue weighted by Gasteiger charge is 2.25. The van der Waals surface area contributed by atoms with Gasteiger partial charge in [-0.15, -0.1) is 0 Å². The van der Waals surface area contributed by atoms with Gasteiger partial charge in [0, 0.05) is 51.7 Å². The molecule has 2 amide bonds. The molecular weight excluding hydrogens is 444 g/mol. The molecule has 8 heteroatoms. The average Bonchev–Trinajstić information content (AvgIpc) is 3.09. The molecule has 4 rings (SSSR count). The van der Waals surface area contributed by atoms with Gasteiger partial charge in [-0.1, -0.05) is 13.0 Å². The lowest BCUT2D eigenvalue weighted by molar-refractivity contribution is -0.130. The molecule has 2 fully saturated rings. The number of benzene rings is 1. The molecule has 2 saturated heterocycles. The second-order valence-corrected chi connectivity index (χ2v) is 9.92. The summed E-state index contributed by atoms with van der Waals surface area (Å²) in [6.07, 6.45) is 6.85. The summed E-state index contributed by atoms with van der Waals surface area (Å²) in [5.74, 6) is 0.925. The number of hydrogen-bond acceptors (Lipinski definition) is 6. The molecule has 0 radical (unpaired) electrons. The number of amides is 2. The van der Waals surface area contributed by atoms with Gasteiger partial charge in [0.1, 0.15) is 5.75 Å². The van der Waals surface area contributed by atoms with Crippen LogP contribution in [0.25, 0.3) is 0 Å². The highest BCUT2D eigenvalue weighted by Crippen LogP contribution is 2.28. The Hall–Kier alpha value is -2.16. The number of fused-ring (bicyclic) bond motifs is 1. The number of unbranched alkanes of at least 4 members (excludes halogenated alkanes) is 1. The molecule has 3 aliphatic rings. The van der Waals surface area contributed by atoms with Crippen LogP contribution < -0.4 is 10.1 Å². The molecule has 0 saturated carbocycles. The summed E-state index contributed by atoms with van der Waals surface area (Å²) < 4.78 is 11.0. The van der Waals surface area contributed by atoms with Gasteiger partial charge in [0.25, 0.3) is 0 Å². The molecule has 35 heavy (non-hydrogen) atoms. The van der Waals surface area contributed by atoms with Crippen LogP contribution in [0.5, 0.6) is 5.75 Å². The Bertz CT molecular complexity index is 842. The number of aryl methyl sites for hydroxylation is 1. The summed E-state index contributed by atoms with van der Waals surface area (Å²) in [5, 5.41) is 3.31. The summed E-state index contributed by atoms with van der Waals surface area (Å²) in [6, 6.07) is 6.64. The van der Waals surface area contributed by atoms with Crippen LogP contribution in [0, 0.1) is 0 Å². The summed E-state index contributed by atoms with van der Waals surface area (Å²) in [5.41, 5.74) is 2.68. The molecule has 1 N–H and O–H groups in total. The first kappa shape index (κ1) is 25.9. The number of carbonyl (C=O) groups excluding carboxylic acids is 2. The second kappa shape index (κ2) is 13.2. The van der Waals surface area contributed by atoms with Crippen LogP contribution in [0.2, 0.25) is 0 Å². The molecule has 0 spiro atoms. The largest absolute Gasteiger partial charge is 0.415 e. The normalized spacial score (nSPS) is 21.1. The van der Waals surface area contributed by atoms with Crippen molar-refractivity contribution >= 4 is 12.0 Å². The first-order valence-electron chi connectivity index (χ1n) is 13.5. The molecule has 1 unspecified atom stereocenters. The Morgan fingerprint density at radius 2 is 1.97 bits per heavy atom. The molecule has 1 aromatic carbocycles. The summed E-state index contributed by atoms with van der Waals surface area (Å²) >= 11 is 0. The Balaban J connectivity index is 1.29. The van der Waals surface area contributed by atoms with Gasteiger partial charge in [-0.25, -0.2) is 4.79 Å². The van der Waals surface area contributed by atoms with E-state index in [0.717, 1.165) is 77.8 Å². The minimum Gasteiger partial charge on any atom is -0.410 e. The number of nitrogens with one attached hydrogen (secondary N) is 1. The number of rotatable bonds is 9. The van der Waals surface area contributed by atoms with E-state index in [-0.39, 0.29) is 12.0 Å². The van der Waals surface area contributed by atoms with E-state index in [1.54, 1.807) is 4.90 Å². The van der Waals surface area contributed by atoms with Crippen LogP contribution in [0.1, 0.15) is 50.2 Å². The van der Waals surface area contributed by atoms with E-state index in [2.05, 4.69) is 29.3 Å². The Morgan fingerprint density at radius 3 is 2.80 bits per heavy atom. The fourth-order valence-electron chi connectivity index (χ4n) is 5.44. The van der Waals surface area contributed by atoms with Crippen LogP contribution in [0.15, 0.2) is 18.2 Å². The van der Waals surface area contributed by atoms with Gasteiger partial charge < -0.3 is 29.5 Å². The smallest absolute Gasteiger partial charge is 0.410 e. The lowest BCUT2D eigenvalue weighted by atomic mass is 9.87. The summed E-state index contributed by atoms with van der Waals surface area (Å²) in [4.78, 5) is 31.1. The molecule has 194 valence electrons. The van der Waals surface area contributed by atoms with Gasteiger partial charge in [-0.2, -0.15) is 0 Å². The standard InChI is InChI=1S/C27H42N4O4/c1-2-12-29(13-3-4-14-30-15-11-28-10-9-26(30)32)24-7-5-22-6-8-25(21-23(22)20-24)35-27(33)31-16-18-34-19-17-31/h6,8,21,24,28H,2-5,7,9-20H2,1H3. The third-order valence-electron chi connectivity index (χ3n) is 7.43. The molecule has 8 nitrogen and oxygen atoms in total. The Kier molecular flexibility index (Phi) is 9.80. The van der Waals surface area contributed by atoms with Gasteiger partial charge in [-0.05, 0) is 74.9 Å². The summed E-state index contributed by atoms with van der Waals surface area (Å²) in [7, 11) is 0. The fourth-order valence-corrected chi connectivity index (χ4v) is 5.44. The van der Waals surface area contributed by atoms with E-state index < -0.39 is 0 Å². The van der Waals surface area contributed by atoms with E-state index in [1.807, 2.05) is 11.0 Å². The Morgan fingerprint density at radius 1 is 1.11 bits per heavy atom. The zero-order valence-corrected chi connectivity index (χ0v) is 21.3. The number of ether oxygens (including phenoxy) is 2. The average molecular weight is 487 g/mol. The van der Waals surface area contributed by atoms with Crippen molar-refractivity contribution < 1.29 is 19.1 Å². The van der Waals surface area contributed by atoms with E-state index in [1.165, 1.54) is 11.1 Å². The molecular formula is C27H42N4O4. The van der Waals surface area contributed by atoms with Crippen molar-refractivity contribution in [1.82, 2.24) is 20.0 Å². The van der Waals surface area contributed by atoms with E-state index in [0.29, 0.717) is 44.5 Å². The van der Waals surface area contributed by atoms with Crippen molar-refractivity contribution in [3.8, 4) is 5.75 Å². The molecule has 2 aliphatic heterocycles. The maximum Gasteiger partial charge on any atom is 0.415 e. The Labute approximate surface area is 209 Å². The summed E-state index contributed by atoms with van der Waals surface area (Å²) in [6.45, 7) is 10.1. The maximum absolute atomic E-state index is 12.5. The van der Waals surface area contributed by atoms with Crippen LogP contribution in [-0.4, -0.2) is 98.3 Å². The van der Waals surface area contributed by atoms with Gasteiger partial charge in [0.15, 0.2) is 0 Å². The number of carbonyl (C=O) groups is 2. The van der Waals surface area contributed by atoms with Crippen LogP contribution in [0.3, 0.4) is 0 Å². The second-order valence-electron chi connectivity index (χ2n) is 9.92. The third kappa shape index (κ3) is 7.41. The lowest BCUT2D eigenvalue weighted by Gasteiger charge is -2.35. The van der Waals surface area contributed by atoms with Crippen molar-refractivity contribution in [2.75, 3.05) is 65.6 Å². The van der Waals surface area contributed by atoms with E-state index in [4.69, 9.17) is 9.47 Å². The zero-order valence-electron chi connectivity index (χ0n) is 21.3. The number of morpholine rings is 1. The monoisotopic (exact) mass is 486 g/mol. The van der Waals surface area contributed by atoms with Gasteiger partial charge in [-0.3, -0.25) is 4.79 Å². The highest BCUT2D eigenvalue weighted by atomic mass is 16.6. The van der Waals surface area contributed by atoms with Crippen molar-refractivity contribution in [2.45, 2.75) is 57.9 Å². The molecule has 1 aromatic rings. The first-order chi connectivity index (χ1) is 17.1. The number of nitrogens with zero attached hydrogens (tertiary/aromatic N) is 3.